The molecule has 2 unspecified atom stereocenters. The van der Waals surface area contributed by atoms with Gasteiger partial charge in [0.1, 0.15) is 0 Å². The van der Waals surface area contributed by atoms with Crippen LogP contribution in [0.15, 0.2) is 0 Å². The Morgan fingerprint density at radius 1 is 0.571 bits per heavy atom. The third kappa shape index (κ3) is 13.2. The lowest BCUT2D eigenvalue weighted by atomic mass is 9.87. The van der Waals surface area contributed by atoms with Gasteiger partial charge in [-0.1, -0.05) is 61.8 Å². The van der Waals surface area contributed by atoms with Crippen LogP contribution in [-0.4, -0.2) is 37.5 Å². The summed E-state index contributed by atoms with van der Waals surface area (Å²) in [7, 11) is 0. The van der Waals surface area contributed by atoms with E-state index >= 15 is 0 Å². The summed E-state index contributed by atoms with van der Waals surface area (Å²) in [6.45, 7) is 26.5. The molecule has 170 valence electrons. The van der Waals surface area contributed by atoms with Crippen LogP contribution in [-0.2, 0) is 9.47 Å². The predicted octanol–water partition coefficient (Wildman–Crippen LogP) is 6.99. The van der Waals surface area contributed by atoms with Gasteiger partial charge in [-0.05, 0) is 76.3 Å². The Morgan fingerprint density at radius 3 is 1.36 bits per heavy atom. The lowest BCUT2D eigenvalue weighted by Crippen LogP contribution is -2.36. The van der Waals surface area contributed by atoms with Crippen LogP contribution in [0.3, 0.4) is 0 Å². The van der Waals surface area contributed by atoms with Crippen LogP contribution in [0.1, 0.15) is 114 Å². The smallest absolute Gasteiger partial charge is 0.0664 e. The van der Waals surface area contributed by atoms with E-state index in [2.05, 4.69) is 74.6 Å². The van der Waals surface area contributed by atoms with E-state index in [1.807, 2.05) is 0 Å². The van der Waals surface area contributed by atoms with Gasteiger partial charge in [-0.25, -0.2) is 0 Å². The fraction of sp³-hybridized carbons (Fsp3) is 1.00. The first-order valence-corrected chi connectivity index (χ1v) is 11.8. The molecule has 28 heavy (non-hydrogen) atoms. The standard InChI is InChI=1S/C25H53NO2/c1-11-23(7,8)17-21-28-25(10,13-3)15-19-26-18-14-24(9,12-2)27-20-16-22(4,5)6/h26H,11-21H2,1-10H3. The Morgan fingerprint density at radius 2 is 1.00 bits per heavy atom. The van der Waals surface area contributed by atoms with E-state index in [0.29, 0.717) is 10.8 Å². The van der Waals surface area contributed by atoms with Crippen LogP contribution in [0.4, 0.5) is 0 Å². The summed E-state index contributed by atoms with van der Waals surface area (Å²) in [6.07, 6.45) is 7.68. The molecule has 0 aliphatic heterocycles. The number of rotatable bonds is 16. The number of ether oxygens (including phenoxy) is 2. The van der Waals surface area contributed by atoms with Gasteiger partial charge in [0.15, 0.2) is 0 Å². The van der Waals surface area contributed by atoms with Gasteiger partial charge in [-0.2, -0.15) is 0 Å². The molecule has 0 aromatic rings. The molecule has 0 bridgehead atoms. The normalized spacial score (nSPS) is 17.4. The van der Waals surface area contributed by atoms with Gasteiger partial charge in [0, 0.05) is 13.2 Å². The highest BCUT2D eigenvalue weighted by Crippen LogP contribution is 2.27. The summed E-state index contributed by atoms with van der Waals surface area (Å²) in [5.74, 6) is 0. The lowest BCUT2D eigenvalue weighted by molar-refractivity contribution is -0.0529. The molecule has 0 spiro atoms. The van der Waals surface area contributed by atoms with Gasteiger partial charge in [0.05, 0.1) is 11.2 Å². The summed E-state index contributed by atoms with van der Waals surface area (Å²) in [4.78, 5) is 0. The van der Waals surface area contributed by atoms with E-state index in [9.17, 15) is 0 Å². The van der Waals surface area contributed by atoms with E-state index in [0.717, 1.165) is 64.8 Å². The van der Waals surface area contributed by atoms with Crippen LogP contribution in [0.5, 0.6) is 0 Å². The molecule has 0 fully saturated rings. The topological polar surface area (TPSA) is 30.5 Å². The second-order valence-corrected chi connectivity index (χ2v) is 11.1. The van der Waals surface area contributed by atoms with Gasteiger partial charge in [-0.3, -0.25) is 0 Å². The molecule has 0 aromatic carbocycles. The maximum Gasteiger partial charge on any atom is 0.0664 e. The van der Waals surface area contributed by atoms with Gasteiger partial charge in [0.25, 0.3) is 0 Å². The average Bonchev–Trinajstić information content (AvgIpc) is 2.60. The minimum atomic E-state index is -0.0198. The molecular weight excluding hydrogens is 346 g/mol. The minimum Gasteiger partial charge on any atom is -0.375 e. The van der Waals surface area contributed by atoms with Gasteiger partial charge in [0.2, 0.25) is 0 Å². The average molecular weight is 400 g/mol. The van der Waals surface area contributed by atoms with Crippen molar-refractivity contribution in [2.45, 2.75) is 125 Å². The SMILES string of the molecule is CCC(C)(C)CCOC(C)(CC)CCNCCC(C)(CC)OCCC(C)(C)C. The Labute approximate surface area is 177 Å². The first-order valence-electron chi connectivity index (χ1n) is 11.8. The van der Waals surface area contributed by atoms with Crippen molar-refractivity contribution in [2.75, 3.05) is 26.3 Å². The van der Waals surface area contributed by atoms with Gasteiger partial charge in [-0.15, -0.1) is 0 Å². The maximum atomic E-state index is 6.31. The highest BCUT2D eigenvalue weighted by molar-refractivity contribution is 4.78. The first-order chi connectivity index (χ1) is 12.8. The number of hydrogen-bond donors (Lipinski definition) is 1. The monoisotopic (exact) mass is 399 g/mol. The van der Waals surface area contributed by atoms with E-state index < -0.39 is 0 Å². The minimum absolute atomic E-state index is 0.0193. The van der Waals surface area contributed by atoms with Crippen molar-refractivity contribution in [3.63, 3.8) is 0 Å². The number of hydrogen-bond acceptors (Lipinski definition) is 3. The molecule has 0 radical (unpaired) electrons. The van der Waals surface area contributed by atoms with Crippen molar-refractivity contribution < 1.29 is 9.47 Å². The predicted molar refractivity (Wildman–Crippen MR) is 124 cm³/mol. The van der Waals surface area contributed by atoms with E-state index in [4.69, 9.17) is 9.47 Å². The zero-order valence-corrected chi connectivity index (χ0v) is 21.1. The van der Waals surface area contributed by atoms with Gasteiger partial charge >= 0.3 is 0 Å². The van der Waals surface area contributed by atoms with Gasteiger partial charge < -0.3 is 14.8 Å². The van der Waals surface area contributed by atoms with Crippen molar-refractivity contribution >= 4 is 0 Å². The molecule has 0 saturated heterocycles. The van der Waals surface area contributed by atoms with Crippen LogP contribution in [0.2, 0.25) is 0 Å². The van der Waals surface area contributed by atoms with E-state index in [1.54, 1.807) is 0 Å². The molecule has 3 heteroatoms. The van der Waals surface area contributed by atoms with E-state index in [-0.39, 0.29) is 11.2 Å². The quantitative estimate of drug-likeness (QED) is 0.284. The second kappa shape index (κ2) is 12.5. The van der Waals surface area contributed by atoms with Crippen molar-refractivity contribution in [2.24, 2.45) is 10.8 Å². The summed E-state index contributed by atoms with van der Waals surface area (Å²) in [6, 6.07) is 0. The summed E-state index contributed by atoms with van der Waals surface area (Å²) >= 11 is 0. The molecule has 1 N–H and O–H groups in total. The third-order valence-corrected chi connectivity index (χ3v) is 6.65. The van der Waals surface area contributed by atoms with Crippen molar-refractivity contribution in [3.8, 4) is 0 Å². The van der Waals surface area contributed by atoms with Crippen molar-refractivity contribution in [1.82, 2.24) is 5.32 Å². The molecular formula is C25H53NO2. The Kier molecular flexibility index (Phi) is 12.5. The number of nitrogens with one attached hydrogen (secondary N) is 1. The summed E-state index contributed by atoms with van der Waals surface area (Å²) in [5, 5.41) is 3.63. The summed E-state index contributed by atoms with van der Waals surface area (Å²) in [5.41, 5.74) is 0.678. The van der Waals surface area contributed by atoms with Crippen LogP contribution < -0.4 is 5.32 Å². The molecule has 0 aliphatic carbocycles. The Hall–Kier alpha value is -0.120. The van der Waals surface area contributed by atoms with Crippen molar-refractivity contribution in [3.05, 3.63) is 0 Å². The highest BCUT2D eigenvalue weighted by atomic mass is 16.5. The fourth-order valence-electron chi connectivity index (χ4n) is 2.89. The second-order valence-electron chi connectivity index (χ2n) is 11.1. The molecule has 0 heterocycles. The molecule has 2 atom stereocenters. The molecule has 0 rings (SSSR count). The Bertz CT molecular complexity index is 402. The molecule has 0 saturated carbocycles. The summed E-state index contributed by atoms with van der Waals surface area (Å²) < 4.78 is 12.6. The first kappa shape index (κ1) is 27.9. The van der Waals surface area contributed by atoms with E-state index in [1.165, 1.54) is 6.42 Å². The highest BCUT2D eigenvalue weighted by Gasteiger charge is 2.25. The largest absolute Gasteiger partial charge is 0.375 e. The molecule has 0 aromatic heterocycles. The molecule has 0 aliphatic rings. The molecule has 3 nitrogen and oxygen atoms in total. The maximum absolute atomic E-state index is 6.31. The zero-order chi connectivity index (χ0) is 21.9. The van der Waals surface area contributed by atoms with Crippen LogP contribution in [0.25, 0.3) is 0 Å². The van der Waals surface area contributed by atoms with Crippen LogP contribution >= 0.6 is 0 Å². The van der Waals surface area contributed by atoms with Crippen LogP contribution in [0, 0.1) is 10.8 Å². The molecule has 0 amide bonds. The zero-order valence-electron chi connectivity index (χ0n) is 21.1. The third-order valence-electron chi connectivity index (χ3n) is 6.65. The van der Waals surface area contributed by atoms with Crippen molar-refractivity contribution in [1.29, 1.82) is 0 Å². The Balaban J connectivity index is 4.17. The lowest BCUT2D eigenvalue weighted by Gasteiger charge is -2.32. The fourth-order valence-corrected chi connectivity index (χ4v) is 2.89.